The van der Waals surface area contributed by atoms with E-state index in [2.05, 4.69) is 22.4 Å². The summed E-state index contributed by atoms with van der Waals surface area (Å²) in [5.41, 5.74) is 0.923. The summed E-state index contributed by atoms with van der Waals surface area (Å²) >= 11 is 0. The number of hydrogen-bond donors (Lipinski definition) is 1. The second-order valence-electron chi connectivity index (χ2n) is 5.27. The smallest absolute Gasteiger partial charge is 0.258 e. The summed E-state index contributed by atoms with van der Waals surface area (Å²) < 4.78 is 10.9. The molecule has 1 aromatic heterocycles. The van der Waals surface area contributed by atoms with Crippen LogP contribution >= 0.6 is 12.4 Å². The van der Waals surface area contributed by atoms with Crippen molar-refractivity contribution >= 4 is 23.2 Å². The van der Waals surface area contributed by atoms with Crippen LogP contribution in [0, 0.1) is 0 Å². The van der Waals surface area contributed by atoms with Crippen LogP contribution < -0.4 is 10.1 Å². The third-order valence-corrected chi connectivity index (χ3v) is 3.78. The summed E-state index contributed by atoms with van der Waals surface area (Å²) in [4.78, 5) is 4.52. The molecule has 6 heteroatoms. The average Bonchev–Trinajstić information content (AvgIpc) is 3.01. The fraction of sp³-hybridized carbons (Fsp3) is 0.294. The maximum atomic E-state index is 5.45. The summed E-state index contributed by atoms with van der Waals surface area (Å²) in [7, 11) is 3.59. The molecule has 0 bridgehead atoms. The molecule has 1 unspecified atom stereocenters. The summed E-state index contributed by atoms with van der Waals surface area (Å²) in [6, 6.07) is 12.2. The van der Waals surface area contributed by atoms with Crippen LogP contribution in [0.4, 0.5) is 0 Å². The molecule has 3 aromatic rings. The third-order valence-electron chi connectivity index (χ3n) is 3.78. The third kappa shape index (κ3) is 3.46. The van der Waals surface area contributed by atoms with Gasteiger partial charge in [0.1, 0.15) is 5.75 Å². The van der Waals surface area contributed by atoms with Crippen LogP contribution in [0.2, 0.25) is 0 Å². The number of halogens is 1. The first kappa shape index (κ1) is 17.2. The summed E-state index contributed by atoms with van der Waals surface area (Å²) in [5, 5.41) is 9.32. The maximum Gasteiger partial charge on any atom is 0.258 e. The van der Waals surface area contributed by atoms with E-state index >= 15 is 0 Å². The topological polar surface area (TPSA) is 60.2 Å². The highest BCUT2D eigenvalue weighted by molar-refractivity contribution is 5.98. The van der Waals surface area contributed by atoms with Crippen LogP contribution in [0.5, 0.6) is 5.75 Å². The lowest BCUT2D eigenvalue weighted by Crippen LogP contribution is -2.24. The average molecular weight is 334 g/mol. The molecule has 0 spiro atoms. The van der Waals surface area contributed by atoms with Crippen LogP contribution in [0.1, 0.15) is 12.7 Å². The van der Waals surface area contributed by atoms with E-state index in [0.29, 0.717) is 17.8 Å². The number of likely N-dealkylation sites (N-methyl/N-ethyl adjacent to an activating group) is 1. The zero-order chi connectivity index (χ0) is 15.5. The quantitative estimate of drug-likeness (QED) is 0.774. The number of hydrogen-bond acceptors (Lipinski definition) is 5. The Morgan fingerprint density at radius 2 is 1.91 bits per heavy atom. The van der Waals surface area contributed by atoms with Gasteiger partial charge in [-0.3, -0.25) is 0 Å². The van der Waals surface area contributed by atoms with Gasteiger partial charge >= 0.3 is 0 Å². The number of aromatic nitrogens is 2. The molecule has 23 heavy (non-hydrogen) atoms. The molecule has 0 aliphatic heterocycles. The van der Waals surface area contributed by atoms with Gasteiger partial charge in [0.15, 0.2) is 5.82 Å². The summed E-state index contributed by atoms with van der Waals surface area (Å²) in [6.07, 6.45) is 0.730. The minimum atomic E-state index is 0. The standard InChI is InChI=1S/C17H19N3O2.ClH/c1-11(18-2)10-16-19-17(22-20-16)14-8-9-15(21-3)13-7-5-4-6-12(13)14;/h4-9,11,18H,10H2,1-3H3;1H. The summed E-state index contributed by atoms with van der Waals surface area (Å²) in [6.45, 7) is 2.08. The maximum absolute atomic E-state index is 5.45. The molecule has 0 amide bonds. The SMILES string of the molecule is CNC(C)Cc1noc(-c2ccc(OC)c3ccccc23)n1.Cl. The molecule has 0 saturated heterocycles. The van der Waals surface area contributed by atoms with Crippen molar-refractivity contribution in [2.45, 2.75) is 19.4 Å². The first-order valence-electron chi connectivity index (χ1n) is 7.29. The fourth-order valence-electron chi connectivity index (χ4n) is 2.46. The molecule has 0 saturated carbocycles. The normalized spacial score (nSPS) is 12.0. The van der Waals surface area contributed by atoms with E-state index in [1.807, 2.05) is 43.4 Å². The predicted octanol–water partition coefficient (Wildman–Crippen LogP) is 3.47. The van der Waals surface area contributed by atoms with E-state index < -0.39 is 0 Å². The Balaban J connectivity index is 0.00000192. The van der Waals surface area contributed by atoms with Gasteiger partial charge in [0.05, 0.1) is 7.11 Å². The van der Waals surface area contributed by atoms with E-state index in [1.165, 1.54) is 0 Å². The van der Waals surface area contributed by atoms with Crippen molar-refractivity contribution in [1.82, 2.24) is 15.5 Å². The molecule has 0 aliphatic rings. The molecule has 5 nitrogen and oxygen atoms in total. The molecule has 1 heterocycles. The van der Waals surface area contributed by atoms with E-state index in [4.69, 9.17) is 9.26 Å². The molecular formula is C17H20ClN3O2. The number of methoxy groups -OCH3 is 1. The minimum Gasteiger partial charge on any atom is -0.496 e. The largest absolute Gasteiger partial charge is 0.496 e. The second kappa shape index (κ2) is 7.44. The van der Waals surface area contributed by atoms with Gasteiger partial charge < -0.3 is 14.6 Å². The first-order valence-corrected chi connectivity index (χ1v) is 7.29. The zero-order valence-corrected chi connectivity index (χ0v) is 14.2. The van der Waals surface area contributed by atoms with Crippen molar-refractivity contribution < 1.29 is 9.26 Å². The van der Waals surface area contributed by atoms with Gasteiger partial charge in [-0.25, -0.2) is 0 Å². The summed E-state index contributed by atoms with van der Waals surface area (Å²) in [5.74, 6) is 2.08. The highest BCUT2D eigenvalue weighted by atomic mass is 35.5. The second-order valence-corrected chi connectivity index (χ2v) is 5.27. The van der Waals surface area contributed by atoms with Gasteiger partial charge in [0, 0.05) is 23.4 Å². The van der Waals surface area contributed by atoms with Crippen molar-refractivity contribution in [2.24, 2.45) is 0 Å². The Morgan fingerprint density at radius 3 is 2.61 bits per heavy atom. The molecule has 1 N–H and O–H groups in total. The van der Waals surface area contributed by atoms with E-state index in [-0.39, 0.29) is 12.4 Å². The van der Waals surface area contributed by atoms with E-state index in [1.54, 1.807) is 7.11 Å². The van der Waals surface area contributed by atoms with Gasteiger partial charge in [-0.1, -0.05) is 29.4 Å². The molecule has 122 valence electrons. The predicted molar refractivity (Wildman–Crippen MR) is 93.3 cm³/mol. The van der Waals surface area contributed by atoms with E-state index in [9.17, 15) is 0 Å². The molecule has 0 fully saturated rings. The first-order chi connectivity index (χ1) is 10.7. The lowest BCUT2D eigenvalue weighted by Gasteiger charge is -2.07. The van der Waals surface area contributed by atoms with Crippen LogP contribution in [0.25, 0.3) is 22.2 Å². The van der Waals surface area contributed by atoms with Crippen LogP contribution in [-0.2, 0) is 6.42 Å². The van der Waals surface area contributed by atoms with Crippen molar-refractivity contribution in [3.63, 3.8) is 0 Å². The van der Waals surface area contributed by atoms with Gasteiger partial charge in [0.2, 0.25) is 0 Å². The van der Waals surface area contributed by atoms with Crippen molar-refractivity contribution in [2.75, 3.05) is 14.2 Å². The van der Waals surface area contributed by atoms with E-state index in [0.717, 1.165) is 28.5 Å². The molecule has 0 radical (unpaired) electrons. The number of fused-ring (bicyclic) bond motifs is 1. The van der Waals surface area contributed by atoms with Gasteiger partial charge in [-0.2, -0.15) is 4.98 Å². The van der Waals surface area contributed by atoms with Crippen LogP contribution in [-0.4, -0.2) is 30.3 Å². The Bertz CT molecular complexity index is 788. The van der Waals surface area contributed by atoms with Crippen molar-refractivity contribution in [1.29, 1.82) is 0 Å². The van der Waals surface area contributed by atoms with Crippen LogP contribution in [0.3, 0.4) is 0 Å². The van der Waals surface area contributed by atoms with Crippen LogP contribution in [0.15, 0.2) is 40.9 Å². The number of nitrogens with zero attached hydrogens (tertiary/aromatic N) is 2. The number of ether oxygens (including phenoxy) is 1. The molecule has 0 aliphatic carbocycles. The number of rotatable bonds is 5. The minimum absolute atomic E-state index is 0. The Hall–Kier alpha value is -2.11. The van der Waals surface area contributed by atoms with Gasteiger partial charge in [0.25, 0.3) is 5.89 Å². The lowest BCUT2D eigenvalue weighted by atomic mass is 10.0. The fourth-order valence-corrected chi connectivity index (χ4v) is 2.46. The molecule has 1 atom stereocenters. The Labute approximate surface area is 141 Å². The Morgan fingerprint density at radius 1 is 1.17 bits per heavy atom. The van der Waals surface area contributed by atoms with Gasteiger partial charge in [-0.15, -0.1) is 12.4 Å². The zero-order valence-electron chi connectivity index (χ0n) is 13.4. The number of benzene rings is 2. The Kier molecular flexibility index (Phi) is 5.58. The highest BCUT2D eigenvalue weighted by Crippen LogP contribution is 2.33. The number of nitrogens with one attached hydrogen (secondary N) is 1. The monoisotopic (exact) mass is 333 g/mol. The molecule has 2 aromatic carbocycles. The van der Waals surface area contributed by atoms with Crippen molar-refractivity contribution in [3.8, 4) is 17.2 Å². The molecular weight excluding hydrogens is 314 g/mol. The van der Waals surface area contributed by atoms with Crippen molar-refractivity contribution in [3.05, 3.63) is 42.2 Å². The van der Waals surface area contributed by atoms with Gasteiger partial charge in [-0.05, 0) is 31.5 Å². The molecule has 3 rings (SSSR count). The highest BCUT2D eigenvalue weighted by Gasteiger charge is 2.15. The lowest BCUT2D eigenvalue weighted by molar-refractivity contribution is 0.417.